The molecule has 0 spiro atoms. The Kier molecular flexibility index (Phi) is 11.3. The topological polar surface area (TPSA) is 139 Å². The number of hydrogen-bond donors (Lipinski definition) is 3. The van der Waals surface area contributed by atoms with Crippen LogP contribution in [0.4, 0.5) is 5.69 Å². The van der Waals surface area contributed by atoms with Crippen molar-refractivity contribution in [3.05, 3.63) is 23.8 Å². The highest BCUT2D eigenvalue weighted by Crippen LogP contribution is 2.32. The Hall–Kier alpha value is -3.23. The average Bonchev–Trinajstić information content (AvgIpc) is 2.84. The third-order valence-electron chi connectivity index (χ3n) is 6.83. The van der Waals surface area contributed by atoms with Crippen LogP contribution in [0.15, 0.2) is 18.2 Å². The van der Waals surface area contributed by atoms with Crippen molar-refractivity contribution < 1.29 is 33.8 Å². The molecule has 3 N–H and O–H groups in total. The van der Waals surface area contributed by atoms with Crippen molar-refractivity contribution in [1.82, 2.24) is 5.32 Å². The average molecular weight is 517 g/mol. The summed E-state index contributed by atoms with van der Waals surface area (Å²) in [5, 5.41) is 15.4. The minimum absolute atomic E-state index is 0.0174. The smallest absolute Gasteiger partial charge is 0.306 e. The first-order chi connectivity index (χ1) is 17.5. The molecule has 1 fully saturated rings. The number of ketones is 2. The summed E-state index contributed by atoms with van der Waals surface area (Å²) in [5.41, 5.74) is -0.0440. The highest BCUT2D eigenvalue weighted by Gasteiger charge is 2.41. The Balaban J connectivity index is 2.34. The number of phenols is 1. The summed E-state index contributed by atoms with van der Waals surface area (Å²) < 4.78 is 5.84. The van der Waals surface area contributed by atoms with Gasteiger partial charge in [0.15, 0.2) is 11.5 Å². The van der Waals surface area contributed by atoms with Gasteiger partial charge >= 0.3 is 5.97 Å². The molecule has 0 aromatic heterocycles. The van der Waals surface area contributed by atoms with E-state index in [2.05, 4.69) is 10.6 Å². The lowest BCUT2D eigenvalue weighted by molar-refractivity contribution is -0.159. The maximum absolute atomic E-state index is 13.5. The second kappa shape index (κ2) is 13.9. The zero-order valence-electron chi connectivity index (χ0n) is 22.4. The van der Waals surface area contributed by atoms with Crippen LogP contribution in [0.5, 0.6) is 5.75 Å². The molecule has 1 aliphatic carbocycles. The molecule has 2 rings (SSSR count). The van der Waals surface area contributed by atoms with Crippen LogP contribution in [0.25, 0.3) is 0 Å². The van der Waals surface area contributed by atoms with Gasteiger partial charge in [0.1, 0.15) is 11.9 Å². The molecule has 9 nitrogen and oxygen atoms in total. The van der Waals surface area contributed by atoms with Crippen molar-refractivity contribution >= 4 is 35.5 Å². The van der Waals surface area contributed by atoms with Gasteiger partial charge in [0, 0.05) is 25.2 Å². The van der Waals surface area contributed by atoms with Crippen molar-refractivity contribution in [2.24, 2.45) is 23.7 Å². The molecule has 0 aliphatic heterocycles. The number of Topliss-reactive ketones (excluding diaryl/α,β-unsaturated/α-hetero) is 2. The molecule has 204 valence electrons. The van der Waals surface area contributed by atoms with Gasteiger partial charge in [-0.15, -0.1) is 0 Å². The third-order valence-corrected chi connectivity index (χ3v) is 6.83. The second-order valence-corrected chi connectivity index (χ2v) is 10.5. The van der Waals surface area contributed by atoms with Gasteiger partial charge in [-0.05, 0) is 30.4 Å². The quantitative estimate of drug-likeness (QED) is 0.242. The second-order valence-electron chi connectivity index (χ2n) is 10.5. The number of ether oxygens (including phenoxy) is 1. The van der Waals surface area contributed by atoms with E-state index >= 15 is 0 Å². The van der Waals surface area contributed by atoms with Crippen molar-refractivity contribution in [2.45, 2.75) is 85.3 Å². The maximum atomic E-state index is 13.5. The number of amides is 2. The van der Waals surface area contributed by atoms with E-state index in [4.69, 9.17) is 4.74 Å². The third kappa shape index (κ3) is 8.13. The fourth-order valence-electron chi connectivity index (χ4n) is 4.87. The number of rotatable bonds is 10. The molecule has 1 aromatic rings. The lowest BCUT2D eigenvalue weighted by atomic mass is 9.82. The largest absolute Gasteiger partial charge is 0.505 e. The predicted octanol–water partition coefficient (Wildman–Crippen LogP) is 4.03. The molecule has 1 aromatic carbocycles. The van der Waals surface area contributed by atoms with E-state index < -0.39 is 41.6 Å². The van der Waals surface area contributed by atoms with Crippen LogP contribution in [0.2, 0.25) is 0 Å². The summed E-state index contributed by atoms with van der Waals surface area (Å²) in [6.07, 6.45) is 2.16. The van der Waals surface area contributed by atoms with Gasteiger partial charge in [-0.3, -0.25) is 24.0 Å². The summed E-state index contributed by atoms with van der Waals surface area (Å²) in [4.78, 5) is 63.3. The summed E-state index contributed by atoms with van der Waals surface area (Å²) in [7, 11) is 0. The van der Waals surface area contributed by atoms with Gasteiger partial charge in [-0.25, -0.2) is 0 Å². The molecule has 1 saturated carbocycles. The zero-order valence-corrected chi connectivity index (χ0v) is 22.4. The maximum Gasteiger partial charge on any atom is 0.306 e. The lowest BCUT2D eigenvalue weighted by Gasteiger charge is -2.30. The van der Waals surface area contributed by atoms with E-state index in [0.29, 0.717) is 12.8 Å². The number of esters is 1. The number of hydrogen-bond acceptors (Lipinski definition) is 7. The number of carbonyl (C=O) groups excluding carboxylic acids is 5. The van der Waals surface area contributed by atoms with E-state index in [1.165, 1.54) is 18.2 Å². The lowest BCUT2D eigenvalue weighted by Crippen LogP contribution is -2.46. The molecule has 0 bridgehead atoms. The van der Waals surface area contributed by atoms with Crippen LogP contribution in [0.1, 0.15) is 83.5 Å². The van der Waals surface area contributed by atoms with E-state index in [1.807, 2.05) is 20.8 Å². The molecule has 1 aliphatic rings. The summed E-state index contributed by atoms with van der Waals surface area (Å²) >= 11 is 0. The number of aromatic hydroxyl groups is 1. The Labute approximate surface area is 218 Å². The van der Waals surface area contributed by atoms with E-state index in [-0.39, 0.29) is 54.0 Å². The SMILES string of the molecule is CCCC[C@H]1C(=O)C[C@H](C)[C@H](NC(=O)c2cccc(NC=O)c2O)C(=O)C[C@@H](C)[C@@H]1OC(=O)CC(C)C. The Morgan fingerprint density at radius 3 is 2.43 bits per heavy atom. The minimum atomic E-state index is -0.974. The summed E-state index contributed by atoms with van der Waals surface area (Å²) in [5.74, 6) is -3.22. The highest BCUT2D eigenvalue weighted by atomic mass is 16.5. The minimum Gasteiger partial charge on any atom is -0.505 e. The highest BCUT2D eigenvalue weighted by molar-refractivity contribution is 6.02. The van der Waals surface area contributed by atoms with Crippen molar-refractivity contribution in [1.29, 1.82) is 0 Å². The molecule has 0 saturated heterocycles. The van der Waals surface area contributed by atoms with E-state index in [1.54, 1.807) is 13.8 Å². The number of carbonyl (C=O) groups is 5. The molecular weight excluding hydrogens is 476 g/mol. The van der Waals surface area contributed by atoms with Crippen molar-refractivity contribution in [3.8, 4) is 5.75 Å². The summed E-state index contributed by atoms with van der Waals surface area (Å²) in [6, 6.07) is 3.34. The number of para-hydroxylation sites is 1. The van der Waals surface area contributed by atoms with E-state index in [9.17, 15) is 29.1 Å². The van der Waals surface area contributed by atoms with Gasteiger partial charge in [-0.1, -0.05) is 53.5 Å². The normalized spacial score (nSPS) is 24.5. The first kappa shape index (κ1) is 30.0. The number of anilines is 1. The molecule has 0 heterocycles. The standard InChI is InChI=1S/C28H40N2O7/c1-6-7-9-19-22(32)13-17(4)25(23(33)14-18(5)27(19)37-24(34)12-16(2)3)30-28(36)20-10-8-11-21(26(20)35)29-15-31/h8,10-11,15-19,25,27,35H,6-7,9,12-14H2,1-5H3,(H,29,31)(H,30,36)/t17-,18+,19-,25-,27-/m0/s1. The van der Waals surface area contributed by atoms with Crippen molar-refractivity contribution in [3.63, 3.8) is 0 Å². The fraction of sp³-hybridized carbons (Fsp3) is 0.607. The molecule has 0 unspecified atom stereocenters. The Bertz CT molecular complexity index is 991. The monoisotopic (exact) mass is 516 g/mol. The van der Waals surface area contributed by atoms with Crippen LogP contribution >= 0.6 is 0 Å². The molecule has 2 amide bonds. The van der Waals surface area contributed by atoms with Crippen LogP contribution in [0.3, 0.4) is 0 Å². The Morgan fingerprint density at radius 2 is 1.81 bits per heavy atom. The molecule has 37 heavy (non-hydrogen) atoms. The number of unbranched alkanes of at least 4 members (excludes halogenated alkanes) is 1. The fourth-order valence-corrected chi connectivity index (χ4v) is 4.87. The Morgan fingerprint density at radius 1 is 1.14 bits per heavy atom. The van der Waals surface area contributed by atoms with Gasteiger partial charge in [0.05, 0.1) is 23.2 Å². The summed E-state index contributed by atoms with van der Waals surface area (Å²) in [6.45, 7) is 9.38. The van der Waals surface area contributed by atoms with Gasteiger partial charge in [0.25, 0.3) is 5.91 Å². The molecule has 9 heteroatoms. The van der Waals surface area contributed by atoms with Crippen LogP contribution < -0.4 is 10.6 Å². The molecule has 5 atom stereocenters. The molecule has 0 radical (unpaired) electrons. The number of phenolic OH excluding ortho intramolecular Hbond substituents is 1. The van der Waals surface area contributed by atoms with Crippen LogP contribution in [-0.2, 0) is 23.9 Å². The van der Waals surface area contributed by atoms with Crippen LogP contribution in [-0.4, -0.2) is 47.1 Å². The van der Waals surface area contributed by atoms with E-state index in [0.717, 1.165) is 12.8 Å². The van der Waals surface area contributed by atoms with Gasteiger partial charge in [-0.2, -0.15) is 0 Å². The zero-order chi connectivity index (χ0) is 27.7. The first-order valence-corrected chi connectivity index (χ1v) is 13.1. The predicted molar refractivity (Wildman–Crippen MR) is 139 cm³/mol. The van der Waals surface area contributed by atoms with Crippen LogP contribution in [0, 0.1) is 23.7 Å². The molecular formula is C28H40N2O7. The number of nitrogens with one attached hydrogen (secondary N) is 2. The number of benzene rings is 1. The van der Waals surface area contributed by atoms with Gasteiger partial charge in [0.2, 0.25) is 6.41 Å². The van der Waals surface area contributed by atoms with Gasteiger partial charge < -0.3 is 20.5 Å². The first-order valence-electron chi connectivity index (χ1n) is 13.1. The van der Waals surface area contributed by atoms with Crippen molar-refractivity contribution in [2.75, 3.05) is 5.32 Å².